The Kier molecular flexibility index (Phi) is 7.45. The predicted molar refractivity (Wildman–Crippen MR) is 142 cm³/mol. The van der Waals surface area contributed by atoms with Crippen molar-refractivity contribution in [2.45, 2.75) is 50.3 Å². The van der Waals surface area contributed by atoms with Crippen molar-refractivity contribution in [3.63, 3.8) is 0 Å². The molecule has 1 aliphatic carbocycles. The van der Waals surface area contributed by atoms with Gasteiger partial charge in [-0.2, -0.15) is 0 Å². The first kappa shape index (κ1) is 24.7. The van der Waals surface area contributed by atoms with Crippen LogP contribution in [-0.4, -0.2) is 83.5 Å². The van der Waals surface area contributed by atoms with Gasteiger partial charge >= 0.3 is 0 Å². The molecule has 2 saturated heterocycles. The first-order chi connectivity index (χ1) is 18.7. The van der Waals surface area contributed by atoms with Gasteiger partial charge in [-0.25, -0.2) is 15.0 Å². The summed E-state index contributed by atoms with van der Waals surface area (Å²) in [6.45, 7) is 4.39. The highest BCUT2D eigenvalue weighted by molar-refractivity contribution is 5.93. The summed E-state index contributed by atoms with van der Waals surface area (Å²) in [6, 6.07) is 4.49. The molecular formula is C27H33N7O4. The number of hydrogen-bond donors (Lipinski definition) is 2. The molecule has 1 amide bonds. The summed E-state index contributed by atoms with van der Waals surface area (Å²) in [5.41, 5.74) is 3.18. The Morgan fingerprint density at radius 2 is 1.68 bits per heavy atom. The zero-order valence-electron chi connectivity index (χ0n) is 21.3. The molecule has 11 nitrogen and oxygen atoms in total. The van der Waals surface area contributed by atoms with E-state index in [1.54, 1.807) is 24.8 Å². The Morgan fingerprint density at radius 3 is 2.45 bits per heavy atom. The molecule has 0 bridgehead atoms. The molecule has 2 aromatic heterocycles. The molecule has 6 rings (SSSR count). The number of carbonyl (C=O) groups excluding carboxylic acids is 1. The summed E-state index contributed by atoms with van der Waals surface area (Å²) in [7, 11) is 0. The molecular weight excluding hydrogens is 486 g/mol. The number of carbonyl (C=O) groups is 1. The number of nitrogens with one attached hydrogen (secondary N) is 2. The second kappa shape index (κ2) is 11.4. The summed E-state index contributed by atoms with van der Waals surface area (Å²) < 4.78 is 17.3. The van der Waals surface area contributed by atoms with Gasteiger partial charge in [0.25, 0.3) is 5.91 Å². The van der Waals surface area contributed by atoms with E-state index in [0.717, 1.165) is 80.9 Å². The summed E-state index contributed by atoms with van der Waals surface area (Å²) in [4.78, 5) is 32.5. The Labute approximate surface area is 221 Å². The Morgan fingerprint density at radius 1 is 0.895 bits per heavy atom. The van der Waals surface area contributed by atoms with Crippen LogP contribution in [0.1, 0.15) is 42.5 Å². The van der Waals surface area contributed by atoms with Crippen LogP contribution >= 0.6 is 0 Å². The van der Waals surface area contributed by atoms with Gasteiger partial charge in [0.1, 0.15) is 11.3 Å². The van der Waals surface area contributed by atoms with Crippen molar-refractivity contribution < 1.29 is 19.0 Å². The van der Waals surface area contributed by atoms with Gasteiger partial charge in [0.15, 0.2) is 0 Å². The molecule has 1 aromatic carbocycles. The highest BCUT2D eigenvalue weighted by atomic mass is 16.5. The van der Waals surface area contributed by atoms with E-state index < -0.39 is 0 Å². The van der Waals surface area contributed by atoms with Crippen molar-refractivity contribution in [2.75, 3.05) is 49.7 Å². The van der Waals surface area contributed by atoms with Crippen molar-refractivity contribution in [1.82, 2.24) is 25.3 Å². The quantitative estimate of drug-likeness (QED) is 0.481. The second-order valence-electron chi connectivity index (χ2n) is 10.0. The number of rotatable bonds is 7. The molecule has 200 valence electrons. The normalized spacial score (nSPS) is 23.8. The summed E-state index contributed by atoms with van der Waals surface area (Å²) in [6.07, 6.45) is 11.2. The van der Waals surface area contributed by atoms with Crippen molar-refractivity contribution >= 4 is 28.6 Å². The van der Waals surface area contributed by atoms with E-state index in [1.165, 1.54) is 0 Å². The van der Waals surface area contributed by atoms with Crippen LogP contribution < -0.4 is 20.3 Å². The van der Waals surface area contributed by atoms with Crippen LogP contribution in [0.25, 0.3) is 11.0 Å². The lowest BCUT2D eigenvalue weighted by atomic mass is 9.93. The average molecular weight is 520 g/mol. The van der Waals surface area contributed by atoms with E-state index in [4.69, 9.17) is 14.2 Å². The Bertz CT molecular complexity index is 1240. The second-order valence-corrected chi connectivity index (χ2v) is 10.0. The molecule has 2 aliphatic heterocycles. The van der Waals surface area contributed by atoms with Gasteiger partial charge in [-0.15, -0.1) is 0 Å². The van der Waals surface area contributed by atoms with E-state index >= 15 is 0 Å². The molecule has 4 heterocycles. The number of aromatic nitrogens is 4. The number of nitrogens with zero attached hydrogens (tertiary/aromatic N) is 5. The lowest BCUT2D eigenvalue weighted by molar-refractivity contribution is 0.0929. The van der Waals surface area contributed by atoms with Crippen molar-refractivity contribution in [3.05, 3.63) is 42.5 Å². The molecule has 1 atom stereocenters. The lowest BCUT2D eigenvalue weighted by Crippen LogP contribution is -2.36. The molecule has 3 aromatic rings. The summed E-state index contributed by atoms with van der Waals surface area (Å²) >= 11 is 0. The molecule has 3 aliphatic rings. The first-order valence-corrected chi connectivity index (χ1v) is 13.4. The molecule has 2 N–H and O–H groups in total. The number of fused-ring (bicyclic) bond motifs is 1. The maximum Gasteiger partial charge on any atom is 0.254 e. The summed E-state index contributed by atoms with van der Waals surface area (Å²) in [5, 5.41) is 6.37. The maximum absolute atomic E-state index is 12.4. The maximum atomic E-state index is 12.4. The number of hydrogen-bond acceptors (Lipinski definition) is 10. The monoisotopic (exact) mass is 519 g/mol. The fourth-order valence-corrected chi connectivity index (χ4v) is 5.25. The molecule has 3 fully saturated rings. The van der Waals surface area contributed by atoms with Gasteiger partial charge in [-0.1, -0.05) is 0 Å². The minimum Gasteiger partial charge on any atom is -0.488 e. The lowest BCUT2D eigenvalue weighted by Gasteiger charge is -2.31. The summed E-state index contributed by atoms with van der Waals surface area (Å²) in [5.74, 6) is 1.16. The zero-order valence-corrected chi connectivity index (χ0v) is 21.3. The number of ether oxygens (including phenoxy) is 3. The third kappa shape index (κ3) is 5.78. The zero-order chi connectivity index (χ0) is 25.7. The third-order valence-electron chi connectivity index (χ3n) is 7.38. The van der Waals surface area contributed by atoms with Crippen molar-refractivity contribution in [1.29, 1.82) is 0 Å². The highest BCUT2D eigenvalue weighted by Gasteiger charge is 2.25. The van der Waals surface area contributed by atoms with Crippen molar-refractivity contribution in [2.24, 2.45) is 0 Å². The number of amides is 1. The minimum atomic E-state index is -0.167. The molecule has 0 unspecified atom stereocenters. The molecule has 11 heteroatoms. The standard InChI is InChI=1S/C27H33N7O4/c35-26(32-20-5-10-37-17-20)18-15-30-27(31-16-18)33-19-1-3-22(4-2-19)38-24-14-21(34-8-11-36-12-9-34)13-23-25(24)29-7-6-28-23/h6-7,13-16,19-20,22H,1-5,8-12,17H2,(H,32,35)(H,30,31,33)/t19-,20-,22+/m1/s1. The van der Waals surface area contributed by atoms with Gasteiger partial charge in [-0.05, 0) is 38.2 Å². The van der Waals surface area contributed by atoms with Crippen LogP contribution in [0.3, 0.4) is 0 Å². The van der Waals surface area contributed by atoms with Gasteiger partial charge < -0.3 is 29.7 Å². The number of benzene rings is 1. The van der Waals surface area contributed by atoms with Gasteiger partial charge in [-0.3, -0.25) is 9.78 Å². The van der Waals surface area contributed by atoms with Gasteiger partial charge in [0.2, 0.25) is 5.95 Å². The number of anilines is 2. The van der Waals surface area contributed by atoms with Gasteiger partial charge in [0.05, 0.1) is 43.0 Å². The molecule has 0 spiro atoms. The van der Waals surface area contributed by atoms with Crippen LogP contribution in [0, 0.1) is 0 Å². The van der Waals surface area contributed by atoms with Crippen LogP contribution in [0.2, 0.25) is 0 Å². The van der Waals surface area contributed by atoms with Crippen LogP contribution in [0.15, 0.2) is 36.9 Å². The SMILES string of the molecule is O=C(N[C@@H]1CCOC1)c1cnc(N[C@H]2CC[C@@H](Oc3cc(N4CCOCC4)cc4nccnc34)CC2)nc1. The minimum absolute atomic E-state index is 0.0598. The Hall–Kier alpha value is -3.57. The molecule has 0 radical (unpaired) electrons. The predicted octanol–water partition coefficient (Wildman–Crippen LogP) is 2.58. The van der Waals surface area contributed by atoms with E-state index in [2.05, 4.69) is 47.6 Å². The third-order valence-corrected chi connectivity index (χ3v) is 7.38. The van der Waals surface area contributed by atoms with E-state index in [9.17, 15) is 4.79 Å². The van der Waals surface area contributed by atoms with E-state index in [-0.39, 0.29) is 24.1 Å². The van der Waals surface area contributed by atoms with E-state index in [0.29, 0.717) is 24.7 Å². The highest BCUT2D eigenvalue weighted by Crippen LogP contribution is 2.33. The fourth-order valence-electron chi connectivity index (χ4n) is 5.25. The van der Waals surface area contributed by atoms with Crippen LogP contribution in [0.5, 0.6) is 5.75 Å². The van der Waals surface area contributed by atoms with E-state index in [1.807, 2.05) is 0 Å². The first-order valence-electron chi connectivity index (χ1n) is 13.4. The number of morpholine rings is 1. The molecule has 1 saturated carbocycles. The average Bonchev–Trinajstić information content (AvgIpc) is 3.48. The Balaban J connectivity index is 1.04. The van der Waals surface area contributed by atoms with Crippen LogP contribution in [-0.2, 0) is 9.47 Å². The van der Waals surface area contributed by atoms with Crippen molar-refractivity contribution in [3.8, 4) is 5.75 Å². The smallest absolute Gasteiger partial charge is 0.254 e. The largest absolute Gasteiger partial charge is 0.488 e. The van der Waals surface area contributed by atoms with Crippen LogP contribution in [0.4, 0.5) is 11.6 Å². The fraction of sp³-hybridized carbons (Fsp3) is 0.519. The topological polar surface area (TPSA) is 124 Å². The van der Waals surface area contributed by atoms with Gasteiger partial charge in [0, 0.05) is 62.3 Å². The molecule has 38 heavy (non-hydrogen) atoms.